The Labute approximate surface area is 230 Å². The summed E-state index contributed by atoms with van der Waals surface area (Å²) in [5.41, 5.74) is 7.16. The van der Waals surface area contributed by atoms with E-state index in [0.29, 0.717) is 11.4 Å². The van der Waals surface area contributed by atoms with Crippen LogP contribution < -0.4 is 0 Å². The number of pyridine rings is 1. The number of nitriles is 1. The number of benzene rings is 4. The number of aryl methyl sites for hydroxylation is 2. The van der Waals surface area contributed by atoms with E-state index >= 15 is 0 Å². The van der Waals surface area contributed by atoms with Crippen LogP contribution in [0.1, 0.15) is 16.7 Å². The maximum absolute atomic E-state index is 9.02. The van der Waals surface area contributed by atoms with Crippen molar-refractivity contribution < 1.29 is 20.1 Å². The Balaban J connectivity index is 0.000000172. The van der Waals surface area contributed by atoms with Crippen molar-refractivity contribution in [2.24, 2.45) is 0 Å². The van der Waals surface area contributed by atoms with E-state index in [1.165, 1.54) is 11.1 Å². The second-order valence-electron chi connectivity index (χ2n) is 8.51. The topological polar surface area (TPSA) is 62.5 Å². The van der Waals surface area contributed by atoms with E-state index in [-0.39, 0.29) is 20.1 Å². The van der Waals surface area contributed by atoms with Crippen molar-refractivity contribution in [3.63, 3.8) is 0 Å². The van der Waals surface area contributed by atoms with Gasteiger partial charge in [0.2, 0.25) is 0 Å². The number of hydrogen-bond donors (Lipinski definition) is 0. The van der Waals surface area contributed by atoms with Crippen molar-refractivity contribution in [1.82, 2.24) is 15.0 Å². The van der Waals surface area contributed by atoms with Crippen molar-refractivity contribution in [1.29, 1.82) is 5.26 Å². The summed E-state index contributed by atoms with van der Waals surface area (Å²) >= 11 is 0. The van der Waals surface area contributed by atoms with Crippen molar-refractivity contribution in [3.05, 3.63) is 126 Å². The predicted molar refractivity (Wildman–Crippen MR) is 144 cm³/mol. The molecule has 0 amide bonds. The van der Waals surface area contributed by atoms with Crippen LogP contribution in [0.25, 0.3) is 44.2 Å². The predicted octanol–water partition coefficient (Wildman–Crippen LogP) is 7.29. The van der Waals surface area contributed by atoms with Gasteiger partial charge in [-0.2, -0.15) is 5.26 Å². The fourth-order valence-corrected chi connectivity index (χ4v) is 3.96. The molecule has 4 nitrogen and oxygen atoms in total. The molecule has 0 aliphatic rings. The third-order valence-corrected chi connectivity index (χ3v) is 5.87. The number of rotatable bonds is 2. The minimum atomic E-state index is 0. The van der Waals surface area contributed by atoms with E-state index in [9.17, 15) is 0 Å². The molecule has 6 rings (SSSR count). The zero-order valence-electron chi connectivity index (χ0n) is 20.4. The molecule has 4 aromatic carbocycles. The van der Waals surface area contributed by atoms with Gasteiger partial charge in [0.15, 0.2) is 0 Å². The number of hydrogen-bond acceptors (Lipinski definition) is 4. The summed E-state index contributed by atoms with van der Waals surface area (Å²) in [5, 5.41) is 11.9. The molecule has 5 heteroatoms. The summed E-state index contributed by atoms with van der Waals surface area (Å²) in [7, 11) is 0. The van der Waals surface area contributed by atoms with Crippen molar-refractivity contribution in [3.8, 4) is 28.6 Å². The first-order valence-corrected chi connectivity index (χ1v) is 11.6. The third-order valence-electron chi connectivity index (χ3n) is 5.87. The van der Waals surface area contributed by atoms with E-state index in [1.807, 2.05) is 49.6 Å². The Hall–Kier alpha value is -4.23. The first kappa shape index (κ1) is 25.9. The van der Waals surface area contributed by atoms with Gasteiger partial charge < -0.3 is 4.98 Å². The SMILES string of the molecule is Cc1ccc(-c2cc[c-]c(-c3ncc(C)cn3)c2)cc1.N#Cc1cc[c-]c2c1ccc1cccnc12.[Ir]. The molecule has 6 aromatic rings. The Morgan fingerprint density at radius 2 is 1.51 bits per heavy atom. The molecule has 0 unspecified atom stereocenters. The molecule has 37 heavy (non-hydrogen) atoms. The van der Waals surface area contributed by atoms with Crippen LogP contribution in [0.2, 0.25) is 0 Å². The summed E-state index contributed by atoms with van der Waals surface area (Å²) < 4.78 is 0. The first-order chi connectivity index (χ1) is 17.6. The largest absolute Gasteiger partial charge is 0.304 e. The van der Waals surface area contributed by atoms with E-state index in [4.69, 9.17) is 5.26 Å². The van der Waals surface area contributed by atoms with Gasteiger partial charge in [0, 0.05) is 38.7 Å². The van der Waals surface area contributed by atoms with Gasteiger partial charge in [-0.1, -0.05) is 53.4 Å². The van der Waals surface area contributed by atoms with Gasteiger partial charge in [-0.3, -0.25) is 9.97 Å². The van der Waals surface area contributed by atoms with E-state index in [0.717, 1.165) is 38.4 Å². The molecule has 2 aromatic heterocycles. The van der Waals surface area contributed by atoms with Crippen LogP contribution in [0, 0.1) is 37.3 Å². The van der Waals surface area contributed by atoms with Crippen molar-refractivity contribution in [2.75, 3.05) is 0 Å². The molecule has 0 saturated carbocycles. The van der Waals surface area contributed by atoms with Crippen molar-refractivity contribution in [2.45, 2.75) is 13.8 Å². The van der Waals surface area contributed by atoms with E-state index in [1.54, 1.807) is 18.3 Å². The van der Waals surface area contributed by atoms with Gasteiger partial charge in [-0.15, -0.1) is 59.0 Å². The molecule has 0 fully saturated rings. The second-order valence-corrected chi connectivity index (χ2v) is 8.51. The van der Waals surface area contributed by atoms with E-state index in [2.05, 4.69) is 76.5 Å². The molecule has 2 heterocycles. The normalized spacial score (nSPS) is 10.2. The Bertz CT molecular complexity index is 1640. The molecule has 0 N–H and O–H groups in total. The molecule has 0 aliphatic heterocycles. The van der Waals surface area contributed by atoms with Crippen molar-refractivity contribution >= 4 is 21.7 Å². The zero-order valence-corrected chi connectivity index (χ0v) is 22.8. The molecular weight excluding hydrogens is 633 g/mol. The van der Waals surface area contributed by atoms with Gasteiger partial charge >= 0.3 is 0 Å². The van der Waals surface area contributed by atoms with Gasteiger partial charge in [-0.05, 0) is 47.5 Å². The van der Waals surface area contributed by atoms with Crippen LogP contribution in [-0.2, 0) is 20.1 Å². The smallest absolute Gasteiger partial charge is 0.0795 e. The van der Waals surface area contributed by atoms with Crippen LogP contribution in [0.5, 0.6) is 0 Å². The number of fused-ring (bicyclic) bond motifs is 3. The van der Waals surface area contributed by atoms with E-state index < -0.39 is 0 Å². The van der Waals surface area contributed by atoms with Gasteiger partial charge in [-0.25, -0.2) is 0 Å². The number of aromatic nitrogens is 3. The standard InChI is InChI=1S/C18H15N2.C14H7N2.Ir/c1-13-6-8-15(9-7-13)16-4-3-5-17(10-16)18-19-11-14(2)12-20-18;15-9-11-3-1-5-13-12(11)7-6-10-4-2-8-16-14(10)13;/h3-4,6-12H,1-2H3;1-4,6-8H;/q2*-1;. The molecule has 0 saturated heterocycles. The molecule has 1 radical (unpaired) electrons. The monoisotopic (exact) mass is 655 g/mol. The molecular formula is C32H22IrN4-2. The van der Waals surface area contributed by atoms with Crippen LogP contribution in [0.15, 0.2) is 97.5 Å². The first-order valence-electron chi connectivity index (χ1n) is 11.6. The molecule has 0 aliphatic carbocycles. The minimum absolute atomic E-state index is 0. The maximum atomic E-state index is 9.02. The molecule has 181 valence electrons. The third kappa shape index (κ3) is 5.78. The summed E-state index contributed by atoms with van der Waals surface area (Å²) in [6.07, 6.45) is 5.41. The second kappa shape index (κ2) is 11.7. The molecule has 0 atom stereocenters. The van der Waals surface area contributed by atoms with Gasteiger partial charge in [0.1, 0.15) is 0 Å². The Morgan fingerprint density at radius 1 is 0.757 bits per heavy atom. The minimum Gasteiger partial charge on any atom is -0.304 e. The molecule has 0 bridgehead atoms. The van der Waals surface area contributed by atoms with Crippen LogP contribution in [0.4, 0.5) is 0 Å². The fraction of sp³-hybridized carbons (Fsp3) is 0.0625. The summed E-state index contributed by atoms with van der Waals surface area (Å²) in [6.45, 7) is 4.07. The van der Waals surface area contributed by atoms with Gasteiger partial charge in [0.25, 0.3) is 0 Å². The Morgan fingerprint density at radius 3 is 2.27 bits per heavy atom. The zero-order chi connectivity index (χ0) is 24.9. The maximum Gasteiger partial charge on any atom is 0.0795 e. The van der Waals surface area contributed by atoms with Crippen LogP contribution in [0.3, 0.4) is 0 Å². The quantitative estimate of drug-likeness (QED) is 0.145. The average molecular weight is 655 g/mol. The summed E-state index contributed by atoms with van der Waals surface area (Å²) in [4.78, 5) is 13.1. The fourth-order valence-electron chi connectivity index (χ4n) is 3.96. The van der Waals surface area contributed by atoms with Crippen LogP contribution >= 0.6 is 0 Å². The summed E-state index contributed by atoms with van der Waals surface area (Å²) in [5.74, 6) is 0.713. The number of nitrogens with zero attached hydrogens (tertiary/aromatic N) is 4. The van der Waals surface area contributed by atoms with Crippen LogP contribution in [-0.4, -0.2) is 15.0 Å². The Kier molecular flexibility index (Phi) is 8.15. The van der Waals surface area contributed by atoms with Gasteiger partial charge in [0.05, 0.1) is 11.9 Å². The average Bonchev–Trinajstić information content (AvgIpc) is 2.94. The molecule has 0 spiro atoms. The summed E-state index contributed by atoms with van der Waals surface area (Å²) in [6, 6.07) is 34.5.